The number of rotatable bonds is 5. The summed E-state index contributed by atoms with van der Waals surface area (Å²) in [5, 5.41) is 0.706. The molecule has 0 aliphatic heterocycles. The van der Waals surface area contributed by atoms with Gasteiger partial charge in [-0.25, -0.2) is 4.98 Å². The number of hydrogen-bond donors (Lipinski definition) is 0. The van der Waals surface area contributed by atoms with Gasteiger partial charge >= 0.3 is 0 Å². The summed E-state index contributed by atoms with van der Waals surface area (Å²) in [5.41, 5.74) is 3.37. The van der Waals surface area contributed by atoms with Crippen LogP contribution in [-0.4, -0.2) is 9.55 Å². The molecule has 0 aliphatic rings. The van der Waals surface area contributed by atoms with E-state index in [0.717, 1.165) is 36.2 Å². The first-order valence-corrected chi connectivity index (χ1v) is 7.94. The van der Waals surface area contributed by atoms with Crippen molar-refractivity contribution in [3.63, 3.8) is 0 Å². The number of benzene rings is 2. The summed E-state index contributed by atoms with van der Waals surface area (Å²) < 4.78 is 2.20. The Labute approximate surface area is 134 Å². The van der Waals surface area contributed by atoms with Gasteiger partial charge in [-0.3, -0.25) is 0 Å². The minimum Gasteiger partial charge on any atom is -0.327 e. The second-order valence-corrected chi connectivity index (χ2v) is 5.74. The molecule has 3 aromatic rings. The number of aromatic nitrogens is 2. The lowest BCUT2D eigenvalue weighted by Gasteiger charge is -2.08. The highest BCUT2D eigenvalue weighted by atomic mass is 35.5. The van der Waals surface area contributed by atoms with Crippen LogP contribution in [0.25, 0.3) is 11.0 Å². The number of imidazole rings is 1. The second-order valence-electron chi connectivity index (χ2n) is 5.04. The van der Waals surface area contributed by atoms with Crippen LogP contribution in [0.4, 0.5) is 0 Å². The van der Waals surface area contributed by atoms with Crippen molar-refractivity contribution in [2.45, 2.75) is 25.3 Å². The molecule has 0 aliphatic carbocycles. The van der Waals surface area contributed by atoms with Crippen molar-refractivity contribution in [1.82, 2.24) is 9.55 Å². The SMILES string of the molecule is ClCc1nc2cc(Cl)ccc2n1CCCc1ccccc1. The molecule has 0 bridgehead atoms. The fourth-order valence-corrected chi connectivity index (χ4v) is 2.96. The number of fused-ring (bicyclic) bond motifs is 1. The second kappa shape index (κ2) is 6.50. The summed E-state index contributed by atoms with van der Waals surface area (Å²) in [6.45, 7) is 0.912. The third kappa shape index (κ3) is 3.22. The van der Waals surface area contributed by atoms with Gasteiger partial charge in [-0.2, -0.15) is 0 Å². The van der Waals surface area contributed by atoms with Crippen LogP contribution in [0.3, 0.4) is 0 Å². The molecular formula is C17H16Cl2N2. The number of alkyl halides is 1. The maximum atomic E-state index is 6.03. The largest absolute Gasteiger partial charge is 0.327 e. The van der Waals surface area contributed by atoms with Crippen molar-refractivity contribution in [3.8, 4) is 0 Å². The van der Waals surface area contributed by atoms with E-state index in [1.54, 1.807) is 0 Å². The molecule has 21 heavy (non-hydrogen) atoms. The molecule has 2 nitrogen and oxygen atoms in total. The monoisotopic (exact) mass is 318 g/mol. The molecule has 2 aromatic carbocycles. The Kier molecular flexibility index (Phi) is 4.47. The molecule has 0 radical (unpaired) electrons. The molecule has 0 spiro atoms. The predicted molar refractivity (Wildman–Crippen MR) is 89.1 cm³/mol. The molecule has 0 atom stereocenters. The van der Waals surface area contributed by atoms with E-state index < -0.39 is 0 Å². The molecule has 0 amide bonds. The first-order valence-electron chi connectivity index (χ1n) is 7.02. The zero-order chi connectivity index (χ0) is 14.7. The summed E-state index contributed by atoms with van der Waals surface area (Å²) in [4.78, 5) is 4.56. The standard InChI is InChI=1S/C17H16Cl2N2/c18-12-17-20-15-11-14(19)8-9-16(15)21(17)10-4-7-13-5-2-1-3-6-13/h1-3,5-6,8-9,11H,4,7,10,12H2. The number of hydrogen-bond acceptors (Lipinski definition) is 1. The molecular weight excluding hydrogens is 303 g/mol. The Balaban J connectivity index is 1.79. The van der Waals surface area contributed by atoms with Crippen molar-refractivity contribution in [2.75, 3.05) is 0 Å². The third-order valence-corrected chi connectivity index (χ3v) is 4.07. The van der Waals surface area contributed by atoms with Crippen molar-refractivity contribution in [3.05, 3.63) is 64.9 Å². The van der Waals surface area contributed by atoms with Crippen molar-refractivity contribution in [1.29, 1.82) is 0 Å². The fourth-order valence-electron chi connectivity index (χ4n) is 2.59. The summed E-state index contributed by atoms with van der Waals surface area (Å²) >= 11 is 12.0. The lowest BCUT2D eigenvalue weighted by molar-refractivity contribution is 0.638. The Morgan fingerprint density at radius 2 is 1.86 bits per heavy atom. The molecule has 4 heteroatoms. The topological polar surface area (TPSA) is 17.8 Å². The molecule has 1 heterocycles. The molecule has 1 aromatic heterocycles. The van der Waals surface area contributed by atoms with Gasteiger partial charge in [-0.1, -0.05) is 41.9 Å². The highest BCUT2D eigenvalue weighted by molar-refractivity contribution is 6.31. The van der Waals surface area contributed by atoms with E-state index in [-0.39, 0.29) is 0 Å². The normalized spacial score (nSPS) is 11.1. The Bertz CT molecular complexity index is 735. The van der Waals surface area contributed by atoms with Gasteiger partial charge in [0, 0.05) is 11.6 Å². The third-order valence-electron chi connectivity index (χ3n) is 3.60. The van der Waals surface area contributed by atoms with Gasteiger partial charge in [0.2, 0.25) is 0 Å². The summed E-state index contributed by atoms with van der Waals surface area (Å²) in [6, 6.07) is 16.3. The van der Waals surface area contributed by atoms with Crippen molar-refractivity contribution in [2.24, 2.45) is 0 Å². The molecule has 108 valence electrons. The van der Waals surface area contributed by atoms with Gasteiger partial charge in [-0.15, -0.1) is 11.6 Å². The van der Waals surface area contributed by atoms with Crippen LogP contribution in [0.1, 0.15) is 17.8 Å². The van der Waals surface area contributed by atoms with E-state index >= 15 is 0 Å². The molecule has 0 saturated heterocycles. The Morgan fingerprint density at radius 1 is 1.05 bits per heavy atom. The zero-order valence-electron chi connectivity index (χ0n) is 11.6. The molecule has 0 fully saturated rings. The predicted octanol–water partition coefficient (Wildman–Crippen LogP) is 5.06. The molecule has 0 N–H and O–H groups in total. The Morgan fingerprint density at radius 3 is 2.62 bits per heavy atom. The minimum atomic E-state index is 0.414. The maximum Gasteiger partial charge on any atom is 0.124 e. The lowest BCUT2D eigenvalue weighted by Crippen LogP contribution is -2.03. The number of halogens is 2. The highest BCUT2D eigenvalue weighted by Gasteiger charge is 2.10. The number of aryl methyl sites for hydroxylation is 2. The molecule has 0 saturated carbocycles. The summed E-state index contributed by atoms with van der Waals surface area (Å²) in [6.07, 6.45) is 2.11. The maximum absolute atomic E-state index is 6.03. The van der Waals surface area contributed by atoms with Gasteiger partial charge < -0.3 is 4.57 Å². The summed E-state index contributed by atoms with van der Waals surface area (Å²) in [5.74, 6) is 1.32. The van der Waals surface area contributed by atoms with Crippen LogP contribution in [0.5, 0.6) is 0 Å². The number of nitrogens with zero attached hydrogens (tertiary/aromatic N) is 2. The molecule has 3 rings (SSSR count). The van der Waals surface area contributed by atoms with Gasteiger partial charge in [0.1, 0.15) is 5.82 Å². The van der Waals surface area contributed by atoms with E-state index in [2.05, 4.69) is 33.8 Å². The van der Waals surface area contributed by atoms with Crippen LogP contribution >= 0.6 is 23.2 Å². The van der Waals surface area contributed by atoms with Gasteiger partial charge in [0.15, 0.2) is 0 Å². The molecule has 0 unspecified atom stereocenters. The average Bonchev–Trinajstić information content (AvgIpc) is 2.85. The van der Waals surface area contributed by atoms with Gasteiger partial charge in [0.05, 0.1) is 16.9 Å². The van der Waals surface area contributed by atoms with Gasteiger partial charge in [0.25, 0.3) is 0 Å². The van der Waals surface area contributed by atoms with Gasteiger partial charge in [-0.05, 0) is 36.6 Å². The van der Waals surface area contributed by atoms with Crippen LogP contribution in [0, 0.1) is 0 Å². The first-order chi connectivity index (χ1) is 10.3. The minimum absolute atomic E-state index is 0.414. The highest BCUT2D eigenvalue weighted by Crippen LogP contribution is 2.22. The first kappa shape index (κ1) is 14.4. The van der Waals surface area contributed by atoms with Crippen LogP contribution in [-0.2, 0) is 18.8 Å². The van der Waals surface area contributed by atoms with Crippen LogP contribution in [0.15, 0.2) is 48.5 Å². The Hall–Kier alpha value is -1.51. The van der Waals surface area contributed by atoms with Crippen LogP contribution in [0.2, 0.25) is 5.02 Å². The van der Waals surface area contributed by atoms with E-state index in [0.29, 0.717) is 10.9 Å². The van der Waals surface area contributed by atoms with E-state index in [1.165, 1.54) is 5.56 Å². The van der Waals surface area contributed by atoms with E-state index in [9.17, 15) is 0 Å². The van der Waals surface area contributed by atoms with Crippen molar-refractivity contribution >= 4 is 34.2 Å². The smallest absolute Gasteiger partial charge is 0.124 e. The lowest BCUT2D eigenvalue weighted by atomic mass is 10.1. The quantitative estimate of drug-likeness (QED) is 0.601. The average molecular weight is 319 g/mol. The summed E-state index contributed by atoms with van der Waals surface area (Å²) in [7, 11) is 0. The fraction of sp³-hybridized carbons (Fsp3) is 0.235. The van der Waals surface area contributed by atoms with Crippen LogP contribution < -0.4 is 0 Å². The van der Waals surface area contributed by atoms with E-state index in [4.69, 9.17) is 23.2 Å². The van der Waals surface area contributed by atoms with Crippen molar-refractivity contribution < 1.29 is 0 Å². The van der Waals surface area contributed by atoms with E-state index in [1.807, 2.05) is 24.3 Å². The zero-order valence-corrected chi connectivity index (χ0v) is 13.1.